The Morgan fingerprint density at radius 2 is 1.76 bits per heavy atom. The maximum absolute atomic E-state index is 13.5. The van der Waals surface area contributed by atoms with Crippen LogP contribution in [-0.2, 0) is 15.3 Å². The molecule has 1 atom stereocenters. The number of ketones is 1. The highest BCUT2D eigenvalue weighted by Gasteiger charge is 2.48. The van der Waals surface area contributed by atoms with Crippen molar-refractivity contribution in [2.45, 2.75) is 23.1 Å². The quantitative estimate of drug-likeness (QED) is 0.0979. The number of carbonyl (C=O) groups excluding carboxylic acids is 2. The van der Waals surface area contributed by atoms with E-state index in [1.165, 1.54) is 33.6 Å². The molecule has 1 saturated heterocycles. The Balaban J connectivity index is 1.38. The molecule has 0 spiro atoms. The number of hydrogen-bond donors (Lipinski definition) is 1. The Morgan fingerprint density at radius 3 is 2.49 bits per heavy atom. The Bertz CT molecular complexity index is 1650. The third kappa shape index (κ3) is 5.25. The first-order valence-electron chi connectivity index (χ1n) is 12.8. The van der Waals surface area contributed by atoms with Crippen LogP contribution in [0.2, 0.25) is 0 Å². The smallest absolute Gasteiger partial charge is 0.301 e. The molecule has 41 heavy (non-hydrogen) atoms. The van der Waals surface area contributed by atoms with Crippen molar-refractivity contribution in [1.29, 1.82) is 0 Å². The fraction of sp³-hybridized carbons (Fsp3) is 0.200. The second kappa shape index (κ2) is 11.3. The number of aliphatic hydroxyl groups excluding tert-OH is 1. The lowest BCUT2D eigenvalue weighted by Crippen LogP contribution is -2.29. The van der Waals surface area contributed by atoms with Crippen molar-refractivity contribution in [2.75, 3.05) is 25.2 Å². The zero-order chi connectivity index (χ0) is 28.5. The average molecular weight is 588 g/mol. The van der Waals surface area contributed by atoms with Crippen LogP contribution in [0.1, 0.15) is 28.3 Å². The molecule has 1 amide bonds. The van der Waals surface area contributed by atoms with Gasteiger partial charge in [-0.1, -0.05) is 65.1 Å². The fourth-order valence-corrected chi connectivity index (χ4v) is 6.49. The van der Waals surface area contributed by atoms with Crippen molar-refractivity contribution in [3.8, 4) is 17.2 Å². The Morgan fingerprint density at radius 1 is 1.02 bits per heavy atom. The van der Waals surface area contributed by atoms with Crippen LogP contribution in [0.15, 0.2) is 76.6 Å². The number of anilines is 1. The first kappa shape index (κ1) is 26.9. The zero-order valence-electron chi connectivity index (χ0n) is 22.2. The van der Waals surface area contributed by atoms with E-state index in [0.717, 1.165) is 5.56 Å². The van der Waals surface area contributed by atoms with Gasteiger partial charge in [0, 0.05) is 11.3 Å². The largest absolute Gasteiger partial charge is 0.507 e. The minimum Gasteiger partial charge on any atom is -0.507 e. The molecule has 0 unspecified atom stereocenters. The molecule has 11 heteroatoms. The zero-order valence-corrected chi connectivity index (χ0v) is 23.8. The highest BCUT2D eigenvalue weighted by molar-refractivity contribution is 8.00. The number of benzene rings is 3. The highest BCUT2D eigenvalue weighted by atomic mass is 32.2. The van der Waals surface area contributed by atoms with Crippen LogP contribution in [0, 0.1) is 6.92 Å². The summed E-state index contributed by atoms with van der Waals surface area (Å²) >= 11 is 2.72. The van der Waals surface area contributed by atoms with Gasteiger partial charge in [0.25, 0.3) is 5.78 Å². The van der Waals surface area contributed by atoms with Crippen LogP contribution in [0.25, 0.3) is 5.76 Å². The summed E-state index contributed by atoms with van der Waals surface area (Å²) in [5.74, 6) is 0.364. The molecule has 3 aromatic carbocycles. The number of Topliss-reactive ketones (excluding diaryl/α,β-unsaturated/α-hetero) is 1. The minimum atomic E-state index is -0.933. The van der Waals surface area contributed by atoms with E-state index in [1.807, 2.05) is 6.92 Å². The number of carbonyl (C=O) groups is 2. The van der Waals surface area contributed by atoms with Gasteiger partial charge in [0.2, 0.25) is 5.13 Å². The molecular formula is C30H25N3O6S2. The fourth-order valence-electron chi connectivity index (χ4n) is 4.67. The molecule has 208 valence electrons. The molecule has 4 aromatic rings. The number of aryl methyl sites for hydroxylation is 1. The molecule has 1 fully saturated rings. The van der Waals surface area contributed by atoms with Crippen LogP contribution in [0.5, 0.6) is 17.2 Å². The van der Waals surface area contributed by atoms with Crippen molar-refractivity contribution in [3.05, 3.63) is 94.6 Å². The van der Waals surface area contributed by atoms with Crippen LogP contribution in [-0.4, -0.2) is 47.3 Å². The predicted octanol–water partition coefficient (Wildman–Crippen LogP) is 5.54. The summed E-state index contributed by atoms with van der Waals surface area (Å²) in [6.45, 7) is 2.83. The molecule has 9 nitrogen and oxygen atoms in total. The van der Waals surface area contributed by atoms with Crippen molar-refractivity contribution in [3.63, 3.8) is 0 Å². The van der Waals surface area contributed by atoms with E-state index in [0.29, 0.717) is 51.7 Å². The molecule has 1 N–H and O–H groups in total. The molecule has 0 bridgehead atoms. The standard InChI is InChI=1S/C30H25N3O6S2/c1-17-3-5-18(6-4-17)16-40-30-32-31-29(41-30)33-25(19-7-10-21(37-2)11-8-19)24(27(35)28(33)36)26(34)20-9-12-22-23(15-20)39-14-13-38-22/h3-12,15,25,34H,13-14,16H2,1-2H3/t25-/m1/s1. The highest BCUT2D eigenvalue weighted by Crippen LogP contribution is 2.45. The van der Waals surface area contributed by atoms with E-state index in [4.69, 9.17) is 14.2 Å². The van der Waals surface area contributed by atoms with Gasteiger partial charge < -0.3 is 19.3 Å². The van der Waals surface area contributed by atoms with Crippen LogP contribution < -0.4 is 19.1 Å². The van der Waals surface area contributed by atoms with Gasteiger partial charge in [-0.05, 0) is 48.4 Å². The first-order valence-corrected chi connectivity index (χ1v) is 14.6. The van der Waals surface area contributed by atoms with E-state index in [1.54, 1.807) is 49.6 Å². The van der Waals surface area contributed by atoms with Gasteiger partial charge >= 0.3 is 5.91 Å². The van der Waals surface area contributed by atoms with Crippen molar-refractivity contribution in [2.24, 2.45) is 0 Å². The van der Waals surface area contributed by atoms with Crippen LogP contribution in [0.3, 0.4) is 0 Å². The summed E-state index contributed by atoms with van der Waals surface area (Å²) in [6.07, 6.45) is 0. The summed E-state index contributed by atoms with van der Waals surface area (Å²) in [6, 6.07) is 19.2. The lowest BCUT2D eigenvalue weighted by atomic mass is 9.95. The minimum absolute atomic E-state index is 0.0547. The van der Waals surface area contributed by atoms with Gasteiger partial charge in [0.1, 0.15) is 24.7 Å². The number of methoxy groups -OCH3 is 1. The van der Waals surface area contributed by atoms with Crippen LogP contribution in [0.4, 0.5) is 5.13 Å². The van der Waals surface area contributed by atoms with Gasteiger partial charge in [-0.15, -0.1) is 10.2 Å². The maximum atomic E-state index is 13.5. The summed E-state index contributed by atoms with van der Waals surface area (Å²) in [7, 11) is 1.56. The predicted molar refractivity (Wildman–Crippen MR) is 156 cm³/mol. The molecule has 0 saturated carbocycles. The van der Waals surface area contributed by atoms with Crippen molar-refractivity contribution >= 4 is 45.7 Å². The molecule has 0 radical (unpaired) electrons. The molecule has 2 aliphatic rings. The molecule has 6 rings (SSSR count). The van der Waals surface area contributed by atoms with E-state index in [2.05, 4.69) is 34.5 Å². The second-order valence-electron chi connectivity index (χ2n) is 9.43. The monoisotopic (exact) mass is 587 g/mol. The number of aromatic nitrogens is 2. The number of rotatable bonds is 7. The van der Waals surface area contributed by atoms with Crippen LogP contribution >= 0.6 is 23.1 Å². The Hall–Kier alpha value is -4.35. The Labute approximate surface area is 244 Å². The molecule has 2 aliphatic heterocycles. The number of thioether (sulfide) groups is 1. The van der Waals surface area contributed by atoms with E-state index >= 15 is 0 Å². The van der Waals surface area contributed by atoms with Gasteiger partial charge in [-0.2, -0.15) is 0 Å². The lowest BCUT2D eigenvalue weighted by molar-refractivity contribution is -0.132. The number of amides is 1. The summed E-state index contributed by atoms with van der Waals surface area (Å²) in [5.41, 5.74) is 3.20. The number of ether oxygens (including phenoxy) is 3. The number of aliphatic hydroxyl groups is 1. The van der Waals surface area contributed by atoms with Gasteiger partial charge in [0.05, 0.1) is 18.7 Å². The van der Waals surface area contributed by atoms with E-state index < -0.39 is 17.7 Å². The first-order chi connectivity index (χ1) is 19.9. The number of nitrogens with zero attached hydrogens (tertiary/aromatic N) is 3. The Kier molecular flexibility index (Phi) is 7.38. The second-order valence-corrected chi connectivity index (χ2v) is 11.6. The molecular weight excluding hydrogens is 562 g/mol. The summed E-state index contributed by atoms with van der Waals surface area (Å²) < 4.78 is 17.2. The molecule has 0 aliphatic carbocycles. The summed E-state index contributed by atoms with van der Waals surface area (Å²) in [5, 5.41) is 20.3. The van der Waals surface area contributed by atoms with Gasteiger partial charge in [-0.25, -0.2) is 0 Å². The van der Waals surface area contributed by atoms with E-state index in [-0.39, 0.29) is 16.5 Å². The number of hydrogen-bond acceptors (Lipinski definition) is 10. The third-order valence-electron chi connectivity index (χ3n) is 6.78. The van der Waals surface area contributed by atoms with Crippen molar-refractivity contribution in [1.82, 2.24) is 10.2 Å². The van der Waals surface area contributed by atoms with Gasteiger partial charge in [0.15, 0.2) is 15.8 Å². The van der Waals surface area contributed by atoms with Crippen molar-refractivity contribution < 1.29 is 28.9 Å². The van der Waals surface area contributed by atoms with E-state index in [9.17, 15) is 14.7 Å². The topological polar surface area (TPSA) is 111 Å². The SMILES string of the molecule is COc1ccc([C@@H]2C(=C(O)c3ccc4c(c3)OCCO4)C(=O)C(=O)N2c2nnc(SCc3ccc(C)cc3)s2)cc1. The number of fused-ring (bicyclic) bond motifs is 1. The molecule has 1 aromatic heterocycles. The molecule has 3 heterocycles. The third-order valence-corrected chi connectivity index (χ3v) is 8.90. The van der Waals surface area contributed by atoms with Gasteiger partial charge in [-0.3, -0.25) is 14.5 Å². The average Bonchev–Trinajstić information content (AvgIpc) is 3.58. The summed E-state index contributed by atoms with van der Waals surface area (Å²) in [4.78, 5) is 28.3. The normalized spacial score (nSPS) is 17.6. The maximum Gasteiger partial charge on any atom is 0.301 e. The lowest BCUT2D eigenvalue weighted by Gasteiger charge is -2.23.